The standard InChI is InChI=1S/C11H21NO4/c12-11(13)16-9-4-1-3-7-14-10-6-2-5-8-15-10/h10H,1-9H2,(H2,12,13). The number of rotatable bonds is 7. The Morgan fingerprint density at radius 2 is 2.06 bits per heavy atom. The van der Waals surface area contributed by atoms with Crippen LogP contribution in [0.25, 0.3) is 0 Å². The van der Waals surface area contributed by atoms with Crippen LogP contribution in [-0.2, 0) is 14.2 Å². The zero-order valence-corrected chi connectivity index (χ0v) is 9.65. The molecule has 0 radical (unpaired) electrons. The van der Waals surface area contributed by atoms with Gasteiger partial charge in [0.15, 0.2) is 6.29 Å². The third-order valence-corrected chi connectivity index (χ3v) is 2.47. The molecule has 5 heteroatoms. The fraction of sp³-hybridized carbons (Fsp3) is 0.909. The van der Waals surface area contributed by atoms with Crippen molar-refractivity contribution in [3.8, 4) is 0 Å². The Balaban J connectivity index is 1.82. The van der Waals surface area contributed by atoms with Gasteiger partial charge >= 0.3 is 6.09 Å². The van der Waals surface area contributed by atoms with Crippen molar-refractivity contribution in [2.45, 2.75) is 44.8 Å². The molecule has 1 heterocycles. The summed E-state index contributed by atoms with van der Waals surface area (Å²) in [7, 11) is 0. The molecule has 16 heavy (non-hydrogen) atoms. The third-order valence-electron chi connectivity index (χ3n) is 2.47. The van der Waals surface area contributed by atoms with E-state index in [0.29, 0.717) is 13.2 Å². The minimum absolute atomic E-state index is 0.00406. The van der Waals surface area contributed by atoms with E-state index in [-0.39, 0.29) is 6.29 Å². The summed E-state index contributed by atoms with van der Waals surface area (Å²) in [6.07, 6.45) is 5.40. The van der Waals surface area contributed by atoms with E-state index in [2.05, 4.69) is 4.74 Å². The number of nitrogens with two attached hydrogens (primary N) is 1. The Hall–Kier alpha value is -0.810. The molecular formula is C11H21NO4. The molecule has 0 aromatic heterocycles. The zero-order valence-electron chi connectivity index (χ0n) is 9.65. The molecule has 1 rings (SSSR count). The topological polar surface area (TPSA) is 70.8 Å². The number of amides is 1. The van der Waals surface area contributed by atoms with E-state index in [1.165, 1.54) is 6.42 Å². The summed E-state index contributed by atoms with van der Waals surface area (Å²) in [4.78, 5) is 10.3. The van der Waals surface area contributed by atoms with Crippen molar-refractivity contribution in [2.75, 3.05) is 19.8 Å². The lowest BCUT2D eigenvalue weighted by Gasteiger charge is -2.22. The highest BCUT2D eigenvalue weighted by Gasteiger charge is 2.13. The van der Waals surface area contributed by atoms with Gasteiger partial charge in [0.25, 0.3) is 0 Å². The smallest absolute Gasteiger partial charge is 0.404 e. The Labute approximate surface area is 96.2 Å². The minimum Gasteiger partial charge on any atom is -0.450 e. The molecule has 2 N–H and O–H groups in total. The summed E-state index contributed by atoms with van der Waals surface area (Å²) >= 11 is 0. The molecule has 0 aromatic rings. The normalized spacial score (nSPS) is 20.6. The van der Waals surface area contributed by atoms with Crippen molar-refractivity contribution in [2.24, 2.45) is 5.73 Å². The van der Waals surface area contributed by atoms with E-state index < -0.39 is 6.09 Å². The van der Waals surface area contributed by atoms with Gasteiger partial charge in [-0.3, -0.25) is 0 Å². The van der Waals surface area contributed by atoms with Gasteiger partial charge in [-0.25, -0.2) is 4.79 Å². The lowest BCUT2D eigenvalue weighted by molar-refractivity contribution is -0.162. The van der Waals surface area contributed by atoms with Crippen LogP contribution >= 0.6 is 0 Å². The number of hydrogen-bond acceptors (Lipinski definition) is 4. The number of carbonyl (C=O) groups is 1. The third kappa shape index (κ3) is 6.63. The van der Waals surface area contributed by atoms with Gasteiger partial charge in [-0.1, -0.05) is 0 Å². The van der Waals surface area contributed by atoms with Crippen molar-refractivity contribution in [3.63, 3.8) is 0 Å². The molecular weight excluding hydrogens is 210 g/mol. The van der Waals surface area contributed by atoms with E-state index in [1.807, 2.05) is 0 Å². The number of primary amides is 1. The van der Waals surface area contributed by atoms with Crippen LogP contribution in [0.15, 0.2) is 0 Å². The van der Waals surface area contributed by atoms with E-state index in [0.717, 1.165) is 38.7 Å². The molecule has 0 aliphatic carbocycles. The molecule has 5 nitrogen and oxygen atoms in total. The molecule has 1 amide bonds. The Morgan fingerprint density at radius 1 is 1.25 bits per heavy atom. The average Bonchev–Trinajstić information content (AvgIpc) is 2.29. The van der Waals surface area contributed by atoms with E-state index in [4.69, 9.17) is 15.2 Å². The highest BCUT2D eigenvalue weighted by atomic mass is 16.7. The molecule has 1 unspecified atom stereocenters. The fourth-order valence-electron chi connectivity index (χ4n) is 1.61. The summed E-state index contributed by atoms with van der Waals surface area (Å²) < 4.78 is 15.6. The summed E-state index contributed by atoms with van der Waals surface area (Å²) in [5, 5.41) is 0. The maximum Gasteiger partial charge on any atom is 0.404 e. The molecule has 1 fully saturated rings. The molecule has 0 saturated carbocycles. The van der Waals surface area contributed by atoms with Gasteiger partial charge in [-0.15, -0.1) is 0 Å². The van der Waals surface area contributed by atoms with Gasteiger partial charge < -0.3 is 19.9 Å². The second kappa shape index (κ2) is 8.35. The average molecular weight is 231 g/mol. The first-order valence-corrected chi connectivity index (χ1v) is 5.94. The quantitative estimate of drug-likeness (QED) is 0.678. The predicted molar refractivity (Wildman–Crippen MR) is 58.9 cm³/mol. The van der Waals surface area contributed by atoms with Gasteiger partial charge in [0.05, 0.1) is 6.61 Å². The van der Waals surface area contributed by atoms with E-state index in [1.54, 1.807) is 0 Å². The molecule has 1 atom stereocenters. The van der Waals surface area contributed by atoms with Crippen molar-refractivity contribution in [1.29, 1.82) is 0 Å². The largest absolute Gasteiger partial charge is 0.450 e. The van der Waals surface area contributed by atoms with Crippen molar-refractivity contribution in [3.05, 3.63) is 0 Å². The summed E-state index contributed by atoms with van der Waals surface area (Å²) in [5.41, 5.74) is 4.83. The van der Waals surface area contributed by atoms with Crippen molar-refractivity contribution >= 4 is 6.09 Å². The van der Waals surface area contributed by atoms with Crippen molar-refractivity contribution in [1.82, 2.24) is 0 Å². The summed E-state index contributed by atoms with van der Waals surface area (Å²) in [6.45, 7) is 1.92. The van der Waals surface area contributed by atoms with E-state index in [9.17, 15) is 4.79 Å². The van der Waals surface area contributed by atoms with Gasteiger partial charge in [0.1, 0.15) is 0 Å². The van der Waals surface area contributed by atoms with Crippen molar-refractivity contribution < 1.29 is 19.0 Å². The second-order valence-electron chi connectivity index (χ2n) is 3.90. The minimum atomic E-state index is -0.702. The number of carbonyl (C=O) groups excluding carboxylic acids is 1. The van der Waals surface area contributed by atoms with E-state index >= 15 is 0 Å². The zero-order chi connectivity index (χ0) is 11.6. The molecule has 0 spiro atoms. The SMILES string of the molecule is NC(=O)OCCCCCOC1CCCCO1. The van der Waals surface area contributed by atoms with Gasteiger partial charge in [0.2, 0.25) is 0 Å². The first kappa shape index (κ1) is 13.3. The van der Waals surface area contributed by atoms with Crippen LogP contribution in [0, 0.1) is 0 Å². The predicted octanol–water partition coefficient (Wildman–Crippen LogP) is 1.80. The Morgan fingerprint density at radius 3 is 2.75 bits per heavy atom. The number of ether oxygens (including phenoxy) is 3. The molecule has 1 aliphatic rings. The van der Waals surface area contributed by atoms with Crippen LogP contribution in [0.5, 0.6) is 0 Å². The highest BCUT2D eigenvalue weighted by molar-refractivity contribution is 5.64. The molecule has 0 aromatic carbocycles. The maximum atomic E-state index is 10.3. The van der Waals surface area contributed by atoms with Crippen LogP contribution in [-0.4, -0.2) is 32.2 Å². The summed E-state index contributed by atoms with van der Waals surface area (Å²) in [5.74, 6) is 0. The number of unbranched alkanes of at least 4 members (excludes halogenated alkanes) is 2. The van der Waals surface area contributed by atoms with Gasteiger partial charge in [-0.05, 0) is 38.5 Å². The van der Waals surface area contributed by atoms with Crippen LogP contribution in [0.3, 0.4) is 0 Å². The Bertz CT molecular complexity index is 192. The molecule has 0 bridgehead atoms. The van der Waals surface area contributed by atoms with Crippen LogP contribution in [0.2, 0.25) is 0 Å². The first-order chi connectivity index (χ1) is 7.79. The molecule has 1 saturated heterocycles. The monoisotopic (exact) mass is 231 g/mol. The Kier molecular flexibility index (Phi) is 6.92. The first-order valence-electron chi connectivity index (χ1n) is 5.94. The summed E-state index contributed by atoms with van der Waals surface area (Å²) in [6, 6.07) is 0. The van der Waals surface area contributed by atoms with Crippen LogP contribution in [0.1, 0.15) is 38.5 Å². The van der Waals surface area contributed by atoms with Crippen LogP contribution in [0.4, 0.5) is 4.79 Å². The molecule has 1 aliphatic heterocycles. The highest BCUT2D eigenvalue weighted by Crippen LogP contribution is 2.14. The fourth-order valence-corrected chi connectivity index (χ4v) is 1.61. The second-order valence-corrected chi connectivity index (χ2v) is 3.90. The number of hydrogen-bond donors (Lipinski definition) is 1. The maximum absolute atomic E-state index is 10.3. The molecule has 94 valence electrons. The van der Waals surface area contributed by atoms with Crippen LogP contribution < -0.4 is 5.73 Å². The van der Waals surface area contributed by atoms with Gasteiger partial charge in [-0.2, -0.15) is 0 Å². The lowest BCUT2D eigenvalue weighted by Crippen LogP contribution is -2.22. The van der Waals surface area contributed by atoms with Gasteiger partial charge in [0, 0.05) is 13.2 Å². The lowest BCUT2D eigenvalue weighted by atomic mass is 10.2.